The number of benzene rings is 6. The monoisotopic (exact) mass is 1050 g/mol. The number of ether oxygens (including phenoxy) is 4. The number of aryl methyl sites for hydroxylation is 2. The van der Waals surface area contributed by atoms with Crippen molar-refractivity contribution in [1.29, 1.82) is 0 Å². The second-order valence-corrected chi connectivity index (χ2v) is 22.9. The Bertz CT molecular complexity index is 2910. The molecule has 2 aliphatic heterocycles. The van der Waals surface area contributed by atoms with Gasteiger partial charge in [-0.15, -0.1) is 0 Å². The molecule has 0 radical (unpaired) electrons. The van der Waals surface area contributed by atoms with Gasteiger partial charge in [0, 0.05) is 0 Å². The quantitative estimate of drug-likeness (QED) is 0.0502. The van der Waals surface area contributed by atoms with Gasteiger partial charge in [-0.05, 0) is 172 Å². The summed E-state index contributed by atoms with van der Waals surface area (Å²) in [6.45, 7) is 13.9. The van der Waals surface area contributed by atoms with Crippen LogP contribution in [-0.4, -0.2) is 104 Å². The van der Waals surface area contributed by atoms with Crippen LogP contribution in [0.1, 0.15) is 90.2 Å². The Balaban J connectivity index is 0.955. The van der Waals surface area contributed by atoms with Crippen LogP contribution in [0.5, 0.6) is 11.5 Å². The van der Waals surface area contributed by atoms with Crippen molar-refractivity contribution < 1.29 is 45.4 Å². The lowest BCUT2D eigenvalue weighted by atomic mass is 10.1. The average molecular weight is 1050 g/mol. The summed E-state index contributed by atoms with van der Waals surface area (Å²) in [6, 6.07) is 35.8. The number of nitrogens with zero attached hydrogens (tertiary/aromatic N) is 4. The summed E-state index contributed by atoms with van der Waals surface area (Å²) in [7, 11) is -8.41. The molecule has 2 atom stereocenters. The van der Waals surface area contributed by atoms with Gasteiger partial charge in [0.05, 0.1) is 34.0 Å². The molecule has 0 spiro atoms. The molecule has 2 heterocycles. The lowest BCUT2D eigenvalue weighted by Crippen LogP contribution is -2.46. The fourth-order valence-corrected chi connectivity index (χ4v) is 12.9. The van der Waals surface area contributed by atoms with Gasteiger partial charge in [0.2, 0.25) is 0 Å². The molecule has 0 fully saturated rings. The Morgan fingerprint density at radius 3 is 1.26 bits per heavy atom. The van der Waals surface area contributed by atoms with Gasteiger partial charge in [-0.3, -0.25) is 18.2 Å². The zero-order valence-electron chi connectivity index (χ0n) is 43.1. The SMILES string of the molecule is CCCN(CCC)CCCc1ccc2c(c1)N(S(=O)(=O)c1ccc3ccccc3c1)CC(OC(=O)CCC(=O)OC1CN(S(=O)(=O)c3ccc4ccccc4c3)c3cc(CCCN(CCC)CCC)ccc3O1)O2. The predicted molar refractivity (Wildman–Crippen MR) is 291 cm³/mol. The number of rotatable bonds is 25. The van der Waals surface area contributed by atoms with Crippen molar-refractivity contribution in [2.75, 3.05) is 61.0 Å². The van der Waals surface area contributed by atoms with Gasteiger partial charge in [0.1, 0.15) is 24.6 Å². The number of hydrogen-bond donors (Lipinski definition) is 0. The van der Waals surface area contributed by atoms with Crippen LogP contribution in [0.3, 0.4) is 0 Å². The number of fused-ring (bicyclic) bond motifs is 4. The van der Waals surface area contributed by atoms with Gasteiger partial charge in [-0.1, -0.05) is 100 Å². The normalized spacial score (nSPS) is 15.7. The van der Waals surface area contributed by atoms with Gasteiger partial charge in [-0.2, -0.15) is 0 Å². The fraction of sp³-hybridized carbons (Fsp3) is 0.414. The van der Waals surface area contributed by atoms with E-state index in [2.05, 4.69) is 37.5 Å². The Labute approximate surface area is 437 Å². The van der Waals surface area contributed by atoms with Gasteiger partial charge in [0.25, 0.3) is 32.6 Å². The third-order valence-electron chi connectivity index (χ3n) is 13.4. The summed E-state index contributed by atoms with van der Waals surface area (Å²) in [5.74, 6) is -1.19. The summed E-state index contributed by atoms with van der Waals surface area (Å²) in [6.07, 6.45) is 3.95. The van der Waals surface area contributed by atoms with Crippen LogP contribution < -0.4 is 18.1 Å². The van der Waals surface area contributed by atoms with Gasteiger partial charge in [0.15, 0.2) is 0 Å². The average Bonchev–Trinajstić information content (AvgIpc) is 3.40. The van der Waals surface area contributed by atoms with Crippen LogP contribution in [0.25, 0.3) is 21.5 Å². The van der Waals surface area contributed by atoms with Crippen LogP contribution in [0.15, 0.2) is 131 Å². The Morgan fingerprint density at radius 2 is 0.878 bits per heavy atom. The van der Waals surface area contributed by atoms with E-state index in [0.29, 0.717) is 11.4 Å². The fourth-order valence-electron chi connectivity index (χ4n) is 9.90. The number of carbonyl (C=O) groups excluding carboxylic acids is 2. The minimum absolute atomic E-state index is 0.0744. The van der Waals surface area contributed by atoms with Gasteiger partial charge in [-0.25, -0.2) is 16.8 Å². The predicted octanol–water partition coefficient (Wildman–Crippen LogP) is 10.5. The molecule has 0 aromatic heterocycles. The summed E-state index contributed by atoms with van der Waals surface area (Å²) < 4.78 is 84.7. The molecular formula is C58H70N4O10S2. The lowest BCUT2D eigenvalue weighted by molar-refractivity contribution is -0.170. The molecule has 0 aliphatic carbocycles. The molecule has 14 nitrogen and oxygen atoms in total. The molecule has 2 aliphatic rings. The molecule has 0 amide bonds. The Morgan fingerprint density at radius 1 is 0.500 bits per heavy atom. The molecule has 0 saturated heterocycles. The minimum atomic E-state index is -4.20. The minimum Gasteiger partial charge on any atom is -0.451 e. The van der Waals surface area contributed by atoms with E-state index in [1.54, 1.807) is 48.5 Å². The largest absolute Gasteiger partial charge is 0.451 e. The van der Waals surface area contributed by atoms with Gasteiger partial charge >= 0.3 is 11.9 Å². The standard InChI is InChI=1S/C58H70N4O10S2/c1-5-31-59(32-6-2)35-13-15-43-21-27-53-51(37-43)61(73(65,66)49-25-23-45-17-9-11-19-47(45)39-49)41-57(69-53)71-55(63)29-30-56(64)72-58-42-62(74(67,68)50-26-24-46-18-10-12-20-48(46)40-50)52-38-44(22-28-54(52)70-58)16-14-36-60(33-7-3)34-8-4/h9-12,17-28,37-40,57-58H,5-8,13-16,29-36,41-42H2,1-4H3. The Hall–Kier alpha value is -6.20. The Kier molecular flexibility index (Phi) is 18.2. The van der Waals surface area contributed by atoms with Crippen molar-refractivity contribution in [3.05, 3.63) is 132 Å². The van der Waals surface area contributed by atoms with E-state index < -0.39 is 57.4 Å². The van der Waals surface area contributed by atoms with Crippen LogP contribution in [0.2, 0.25) is 0 Å². The highest BCUT2D eigenvalue weighted by Gasteiger charge is 2.39. The molecule has 6 aromatic carbocycles. The van der Waals surface area contributed by atoms with E-state index in [1.165, 1.54) is 8.61 Å². The third-order valence-corrected chi connectivity index (χ3v) is 17.0. The van der Waals surface area contributed by atoms with Crippen LogP contribution in [-0.2, 0) is 52.0 Å². The molecule has 16 heteroatoms. The maximum Gasteiger partial charge on any atom is 0.309 e. The first-order chi connectivity index (χ1) is 35.8. The highest BCUT2D eigenvalue weighted by atomic mass is 32.2. The van der Waals surface area contributed by atoms with Crippen LogP contribution >= 0.6 is 0 Å². The highest BCUT2D eigenvalue weighted by Crippen LogP contribution is 2.41. The van der Waals surface area contributed by atoms with Crippen molar-refractivity contribution in [3.8, 4) is 11.5 Å². The van der Waals surface area contributed by atoms with Crippen molar-refractivity contribution in [3.63, 3.8) is 0 Å². The second-order valence-electron chi connectivity index (χ2n) is 19.2. The van der Waals surface area contributed by atoms with Crippen molar-refractivity contribution in [1.82, 2.24) is 9.80 Å². The topological polar surface area (TPSA) is 152 Å². The number of hydrogen-bond acceptors (Lipinski definition) is 12. The van der Waals surface area contributed by atoms with Crippen molar-refractivity contribution >= 4 is 64.9 Å². The zero-order chi connectivity index (χ0) is 52.2. The summed E-state index contributed by atoms with van der Waals surface area (Å²) >= 11 is 0. The first kappa shape index (κ1) is 54.1. The van der Waals surface area contributed by atoms with E-state index in [9.17, 15) is 26.4 Å². The van der Waals surface area contributed by atoms with E-state index in [4.69, 9.17) is 18.9 Å². The molecule has 74 heavy (non-hydrogen) atoms. The van der Waals surface area contributed by atoms with Crippen molar-refractivity contribution in [2.24, 2.45) is 0 Å². The number of sulfonamides is 2. The molecule has 8 rings (SSSR count). The summed E-state index contributed by atoms with van der Waals surface area (Å²) in [4.78, 5) is 32.1. The third kappa shape index (κ3) is 13.2. The molecule has 0 saturated carbocycles. The number of carbonyl (C=O) groups is 2. The highest BCUT2D eigenvalue weighted by molar-refractivity contribution is 7.93. The smallest absolute Gasteiger partial charge is 0.309 e. The van der Waals surface area contributed by atoms with Crippen LogP contribution in [0, 0.1) is 0 Å². The lowest BCUT2D eigenvalue weighted by Gasteiger charge is -2.35. The van der Waals surface area contributed by atoms with E-state index in [-0.39, 0.29) is 34.4 Å². The van der Waals surface area contributed by atoms with Crippen molar-refractivity contribution in [2.45, 2.75) is 114 Å². The molecule has 2 unspecified atom stereocenters. The number of esters is 2. The summed E-state index contributed by atoms with van der Waals surface area (Å²) in [5, 5.41) is 3.30. The van der Waals surface area contributed by atoms with Crippen LogP contribution in [0.4, 0.5) is 11.4 Å². The first-order valence-corrected chi connectivity index (χ1v) is 29.1. The molecule has 0 bridgehead atoms. The molecule has 394 valence electrons. The maximum absolute atomic E-state index is 14.6. The summed E-state index contributed by atoms with van der Waals surface area (Å²) in [5.41, 5.74) is 2.58. The molecule has 6 aromatic rings. The van der Waals surface area contributed by atoms with E-state index >= 15 is 0 Å². The van der Waals surface area contributed by atoms with Gasteiger partial charge < -0.3 is 28.7 Å². The molecule has 0 N–H and O–H groups in total. The zero-order valence-corrected chi connectivity index (χ0v) is 44.8. The van der Waals surface area contributed by atoms with E-state index in [1.807, 2.05) is 72.8 Å². The van der Waals surface area contributed by atoms with E-state index in [0.717, 1.165) is 123 Å². The molecular weight excluding hydrogens is 977 g/mol. The first-order valence-electron chi connectivity index (χ1n) is 26.3. The maximum atomic E-state index is 14.6. The number of anilines is 2. The second kappa shape index (κ2) is 24.9.